The second-order valence-corrected chi connectivity index (χ2v) is 16.5. The Balaban J connectivity index is 0.940. The molecule has 2 fully saturated rings. The van der Waals surface area contributed by atoms with Crippen LogP contribution in [0.15, 0.2) is 89.9 Å². The molecule has 3 amide bonds. The number of amides is 3. The standard InChI is InChI=1S/C45H50N8O6S/c1-26(2)38(50-44(56)58-3)42(54)52-18-5-7-36(52)41-47-24-35(49-41)32-16-15-30-21-29(13-14-31(30)22-32)27-9-11-28(12-10-27)34-23-46-40(48-34)37-8-6-19-53(37)43(55)39(51-45(57)59-4)33-17-20-60-25-33/h9-17,20-26,36-39,44,50,56H,5-8,18-19H2,1-4H3,(H,46,48)(H,47,49)(H,51,57)/t36-,37-,38-,39?,44?/m0/s1. The van der Waals surface area contributed by atoms with Crippen LogP contribution in [0.4, 0.5) is 4.79 Å². The van der Waals surface area contributed by atoms with Crippen LogP contribution < -0.4 is 10.6 Å². The molecule has 0 spiro atoms. The number of carbonyl (C=O) groups is 3. The number of aliphatic hydroxyl groups excluding tert-OH is 1. The van der Waals surface area contributed by atoms with E-state index in [1.165, 1.54) is 25.6 Å². The Morgan fingerprint density at radius 2 is 1.35 bits per heavy atom. The zero-order valence-electron chi connectivity index (χ0n) is 34.1. The largest absolute Gasteiger partial charge is 0.453 e. The summed E-state index contributed by atoms with van der Waals surface area (Å²) < 4.78 is 9.78. The minimum atomic E-state index is -1.23. The van der Waals surface area contributed by atoms with Gasteiger partial charge in [-0.05, 0) is 93.6 Å². The highest BCUT2D eigenvalue weighted by atomic mass is 32.1. The lowest BCUT2D eigenvalue weighted by Gasteiger charge is -2.31. The molecule has 8 rings (SSSR count). The van der Waals surface area contributed by atoms with Crippen LogP contribution in [0.3, 0.4) is 0 Å². The molecule has 2 saturated heterocycles. The van der Waals surface area contributed by atoms with Crippen LogP contribution in [-0.2, 0) is 19.1 Å². The van der Waals surface area contributed by atoms with E-state index in [4.69, 9.17) is 19.4 Å². The number of hydrogen-bond donors (Lipinski definition) is 5. The number of nitrogens with zero attached hydrogens (tertiary/aromatic N) is 4. The maximum absolute atomic E-state index is 13.8. The van der Waals surface area contributed by atoms with Crippen molar-refractivity contribution < 1.29 is 29.0 Å². The van der Waals surface area contributed by atoms with Gasteiger partial charge in [-0.2, -0.15) is 11.3 Å². The van der Waals surface area contributed by atoms with Crippen molar-refractivity contribution in [1.29, 1.82) is 0 Å². The number of methoxy groups -OCH3 is 2. The number of imidazole rings is 2. The molecule has 0 radical (unpaired) electrons. The molecule has 5 heterocycles. The van der Waals surface area contributed by atoms with E-state index in [-0.39, 0.29) is 29.8 Å². The van der Waals surface area contributed by atoms with Gasteiger partial charge in [0.05, 0.1) is 49.0 Å². The summed E-state index contributed by atoms with van der Waals surface area (Å²) in [7, 11) is 2.68. The number of aromatic nitrogens is 4. The van der Waals surface area contributed by atoms with Crippen molar-refractivity contribution in [2.45, 2.75) is 70.1 Å². The second-order valence-electron chi connectivity index (χ2n) is 15.7. The Morgan fingerprint density at radius 3 is 1.93 bits per heavy atom. The first kappa shape index (κ1) is 40.9. The number of carbonyl (C=O) groups excluding carboxylic acids is 3. The maximum atomic E-state index is 13.8. The van der Waals surface area contributed by atoms with Gasteiger partial charge in [-0.15, -0.1) is 0 Å². The third kappa shape index (κ3) is 8.43. The summed E-state index contributed by atoms with van der Waals surface area (Å²) in [5, 5.41) is 21.6. The van der Waals surface area contributed by atoms with Gasteiger partial charge in [-0.3, -0.25) is 14.9 Å². The summed E-state index contributed by atoms with van der Waals surface area (Å²) in [6, 6.07) is 21.1. The van der Waals surface area contributed by atoms with Crippen molar-refractivity contribution in [3.8, 4) is 33.6 Å². The molecule has 312 valence electrons. The highest BCUT2D eigenvalue weighted by Crippen LogP contribution is 2.36. The fourth-order valence-electron chi connectivity index (χ4n) is 8.39. The minimum Gasteiger partial charge on any atom is -0.453 e. The van der Waals surface area contributed by atoms with E-state index >= 15 is 0 Å². The first-order chi connectivity index (χ1) is 29.1. The van der Waals surface area contributed by atoms with Gasteiger partial charge in [-0.1, -0.05) is 62.4 Å². The monoisotopic (exact) mass is 830 g/mol. The molecule has 60 heavy (non-hydrogen) atoms. The van der Waals surface area contributed by atoms with Gasteiger partial charge in [-0.25, -0.2) is 14.8 Å². The molecule has 2 aliphatic rings. The number of thiophene rings is 1. The number of likely N-dealkylation sites (tertiary alicyclic amines) is 2. The average molecular weight is 831 g/mol. The summed E-state index contributed by atoms with van der Waals surface area (Å²) in [4.78, 5) is 59.7. The number of alkyl carbamates (subject to hydrolysis) is 1. The van der Waals surface area contributed by atoms with E-state index in [0.717, 1.165) is 81.5 Å². The van der Waals surface area contributed by atoms with Gasteiger partial charge < -0.3 is 39.7 Å². The van der Waals surface area contributed by atoms with Crippen molar-refractivity contribution in [3.63, 3.8) is 0 Å². The molecule has 2 unspecified atom stereocenters. The summed E-state index contributed by atoms with van der Waals surface area (Å²) >= 11 is 1.47. The van der Waals surface area contributed by atoms with Gasteiger partial charge in [0.1, 0.15) is 17.7 Å². The topological polar surface area (TPSA) is 178 Å². The molecule has 15 heteroatoms. The predicted octanol–water partition coefficient (Wildman–Crippen LogP) is 7.31. The fourth-order valence-corrected chi connectivity index (χ4v) is 9.07. The van der Waals surface area contributed by atoms with Crippen LogP contribution >= 0.6 is 11.3 Å². The Hall–Kier alpha value is -5.87. The number of fused-ring (bicyclic) bond motifs is 1. The zero-order valence-corrected chi connectivity index (χ0v) is 34.9. The molecule has 6 aromatic rings. The Bertz CT molecular complexity index is 2450. The third-order valence-corrected chi connectivity index (χ3v) is 12.3. The molecular weight excluding hydrogens is 781 g/mol. The van der Waals surface area contributed by atoms with Gasteiger partial charge >= 0.3 is 6.09 Å². The SMILES string of the molecule is COC(=O)NC(C(=O)N1CCC[C@H]1c1ncc(-c2ccc(-c3ccc4cc(-c5cnc([C@@H]6CCCN6C(=O)[C@@H](NC(O)OC)C(C)C)[nH]5)ccc4c3)cc2)[nH]1)c1ccsc1. The number of benzene rings is 3. The highest BCUT2D eigenvalue weighted by Gasteiger charge is 2.39. The van der Waals surface area contributed by atoms with Gasteiger partial charge in [0.25, 0.3) is 5.91 Å². The van der Waals surface area contributed by atoms with E-state index in [9.17, 15) is 19.5 Å². The van der Waals surface area contributed by atoms with Crippen molar-refractivity contribution in [2.24, 2.45) is 5.92 Å². The van der Waals surface area contributed by atoms with Crippen molar-refractivity contribution >= 4 is 40.0 Å². The number of ether oxygens (including phenoxy) is 2. The molecule has 5 atom stereocenters. The fraction of sp³-hybridized carbons (Fsp3) is 0.356. The van der Waals surface area contributed by atoms with Crippen molar-refractivity contribution in [3.05, 3.63) is 107 Å². The summed E-state index contributed by atoms with van der Waals surface area (Å²) in [6.45, 7) is 5.08. The first-order valence-electron chi connectivity index (χ1n) is 20.3. The van der Waals surface area contributed by atoms with Crippen LogP contribution in [0.5, 0.6) is 0 Å². The van der Waals surface area contributed by atoms with Crippen LogP contribution in [-0.4, -0.2) is 92.5 Å². The molecule has 0 aliphatic carbocycles. The summed E-state index contributed by atoms with van der Waals surface area (Å²) in [6.07, 6.45) is 5.03. The van der Waals surface area contributed by atoms with Crippen molar-refractivity contribution in [2.75, 3.05) is 27.3 Å². The smallest absolute Gasteiger partial charge is 0.407 e. The molecule has 3 aromatic carbocycles. The quantitative estimate of drug-likeness (QED) is 0.0747. The van der Waals surface area contributed by atoms with Gasteiger partial charge in [0.15, 0.2) is 0 Å². The van der Waals surface area contributed by atoms with Crippen LogP contribution in [0.2, 0.25) is 0 Å². The lowest BCUT2D eigenvalue weighted by atomic mass is 9.98. The lowest BCUT2D eigenvalue weighted by molar-refractivity contribution is -0.145. The van der Waals surface area contributed by atoms with E-state index in [1.807, 2.05) is 48.0 Å². The number of aliphatic hydroxyl groups is 1. The van der Waals surface area contributed by atoms with Crippen LogP contribution in [0, 0.1) is 5.92 Å². The van der Waals surface area contributed by atoms with E-state index in [2.05, 4.69) is 81.3 Å². The Kier molecular flexibility index (Phi) is 12.1. The van der Waals surface area contributed by atoms with Crippen LogP contribution in [0.25, 0.3) is 44.4 Å². The van der Waals surface area contributed by atoms with Gasteiger partial charge in [0.2, 0.25) is 12.3 Å². The normalized spacial score (nSPS) is 18.2. The molecule has 2 aliphatic heterocycles. The third-order valence-electron chi connectivity index (χ3n) is 11.6. The van der Waals surface area contributed by atoms with Crippen LogP contribution in [0.1, 0.15) is 74.9 Å². The van der Waals surface area contributed by atoms with Gasteiger partial charge in [0, 0.05) is 25.8 Å². The van der Waals surface area contributed by atoms with E-state index in [0.29, 0.717) is 18.9 Å². The zero-order chi connectivity index (χ0) is 41.9. The number of rotatable bonds is 13. The molecule has 0 bridgehead atoms. The minimum absolute atomic E-state index is 0.0462. The highest BCUT2D eigenvalue weighted by molar-refractivity contribution is 7.08. The number of H-pyrrole nitrogens is 2. The number of aromatic amines is 2. The maximum Gasteiger partial charge on any atom is 0.407 e. The number of hydrogen-bond acceptors (Lipinski definition) is 10. The second kappa shape index (κ2) is 17.8. The average Bonchev–Trinajstić information content (AvgIpc) is 4.13. The van der Waals surface area contributed by atoms with Crippen molar-refractivity contribution in [1.82, 2.24) is 40.4 Å². The number of nitrogens with one attached hydrogen (secondary N) is 4. The molecule has 14 nitrogen and oxygen atoms in total. The van der Waals surface area contributed by atoms with E-state index < -0.39 is 24.6 Å². The molecular formula is C45H50N8O6S. The Morgan fingerprint density at radius 1 is 0.783 bits per heavy atom. The van der Waals surface area contributed by atoms with E-state index in [1.54, 1.807) is 4.90 Å². The molecule has 5 N–H and O–H groups in total. The molecule has 0 saturated carbocycles. The lowest BCUT2D eigenvalue weighted by Crippen LogP contribution is -2.52. The Labute approximate surface area is 352 Å². The summed E-state index contributed by atoms with van der Waals surface area (Å²) in [5.74, 6) is 1.15. The summed E-state index contributed by atoms with van der Waals surface area (Å²) in [5.41, 5.74) is 6.61. The predicted molar refractivity (Wildman–Crippen MR) is 229 cm³/mol. The molecule has 3 aromatic heterocycles. The first-order valence-corrected chi connectivity index (χ1v) is 21.3.